The molecule has 0 radical (unpaired) electrons. The number of carbonyl (C=O) groups excluding carboxylic acids is 1. The fraction of sp³-hybridized carbons (Fsp3) is 0.357. The first-order valence-corrected chi connectivity index (χ1v) is 6.12. The number of aromatic nitrogens is 1. The lowest BCUT2D eigenvalue weighted by molar-refractivity contribution is -0.117. The highest BCUT2D eigenvalue weighted by Gasteiger charge is 2.19. The van der Waals surface area contributed by atoms with E-state index in [4.69, 9.17) is 5.26 Å². The van der Waals surface area contributed by atoms with E-state index in [-0.39, 0.29) is 17.5 Å². The molecule has 0 spiro atoms. The van der Waals surface area contributed by atoms with Gasteiger partial charge in [-0.2, -0.15) is 5.26 Å². The Morgan fingerprint density at radius 2 is 2.28 bits per heavy atom. The predicted octanol–water partition coefficient (Wildman–Crippen LogP) is 2.05. The average molecular weight is 241 g/mol. The van der Waals surface area contributed by atoms with Crippen LogP contribution >= 0.6 is 0 Å². The lowest BCUT2D eigenvalue weighted by atomic mass is 10.1. The molecule has 92 valence electrons. The quantitative estimate of drug-likeness (QED) is 0.650. The second-order valence-corrected chi connectivity index (χ2v) is 4.41. The molecule has 2 rings (SSSR count). The van der Waals surface area contributed by atoms with Crippen LogP contribution in [0.4, 0.5) is 0 Å². The summed E-state index contributed by atoms with van der Waals surface area (Å²) in [5, 5.41) is 11.9. The Hall–Kier alpha value is -2.15. The van der Waals surface area contributed by atoms with Crippen molar-refractivity contribution in [2.75, 3.05) is 0 Å². The molecule has 1 aliphatic rings. The molecule has 0 bridgehead atoms. The maximum absolute atomic E-state index is 11.9. The Morgan fingerprint density at radius 1 is 1.50 bits per heavy atom. The minimum absolute atomic E-state index is 0.134. The lowest BCUT2D eigenvalue weighted by Crippen LogP contribution is -2.33. The first-order chi connectivity index (χ1) is 8.79. The molecule has 4 heteroatoms. The molecular formula is C14H15N3O. The summed E-state index contributed by atoms with van der Waals surface area (Å²) in [4.78, 5) is 15.9. The monoisotopic (exact) mass is 241 g/mol. The van der Waals surface area contributed by atoms with Crippen LogP contribution in [-0.2, 0) is 4.79 Å². The van der Waals surface area contributed by atoms with Gasteiger partial charge in [0, 0.05) is 18.4 Å². The minimum atomic E-state index is -0.284. The van der Waals surface area contributed by atoms with E-state index in [0.29, 0.717) is 0 Å². The van der Waals surface area contributed by atoms with Crippen LogP contribution in [-0.4, -0.2) is 16.9 Å². The van der Waals surface area contributed by atoms with Gasteiger partial charge in [0.15, 0.2) is 0 Å². The van der Waals surface area contributed by atoms with E-state index in [1.807, 2.05) is 12.1 Å². The van der Waals surface area contributed by atoms with Gasteiger partial charge in [-0.3, -0.25) is 9.78 Å². The number of rotatable bonds is 3. The van der Waals surface area contributed by atoms with Crippen molar-refractivity contribution >= 4 is 12.0 Å². The number of hydrogen-bond acceptors (Lipinski definition) is 3. The topological polar surface area (TPSA) is 65.8 Å². The number of nitrogens with zero attached hydrogens (tertiary/aromatic N) is 2. The maximum Gasteiger partial charge on any atom is 0.262 e. The van der Waals surface area contributed by atoms with Crippen LogP contribution in [0.15, 0.2) is 30.1 Å². The molecule has 0 atom stereocenters. The minimum Gasteiger partial charge on any atom is -0.349 e. The van der Waals surface area contributed by atoms with Gasteiger partial charge in [0.25, 0.3) is 5.91 Å². The molecule has 1 saturated carbocycles. The Morgan fingerprint density at radius 3 is 2.89 bits per heavy atom. The summed E-state index contributed by atoms with van der Waals surface area (Å²) in [5.41, 5.74) is 0.894. The highest BCUT2D eigenvalue weighted by Crippen LogP contribution is 2.18. The molecule has 4 nitrogen and oxygen atoms in total. The van der Waals surface area contributed by atoms with Crippen LogP contribution in [0.25, 0.3) is 6.08 Å². The molecule has 1 aliphatic carbocycles. The van der Waals surface area contributed by atoms with E-state index >= 15 is 0 Å². The molecule has 1 amide bonds. The van der Waals surface area contributed by atoms with Gasteiger partial charge in [-0.15, -0.1) is 0 Å². The van der Waals surface area contributed by atoms with Gasteiger partial charge < -0.3 is 5.32 Å². The predicted molar refractivity (Wildman–Crippen MR) is 68.2 cm³/mol. The summed E-state index contributed by atoms with van der Waals surface area (Å²) in [5.74, 6) is -0.284. The van der Waals surface area contributed by atoms with Crippen LogP contribution < -0.4 is 5.32 Å². The van der Waals surface area contributed by atoms with Crippen LogP contribution in [0.3, 0.4) is 0 Å². The number of amides is 1. The fourth-order valence-corrected chi connectivity index (χ4v) is 2.11. The molecule has 0 aliphatic heterocycles. The normalized spacial score (nSPS) is 16.3. The first-order valence-electron chi connectivity index (χ1n) is 6.12. The van der Waals surface area contributed by atoms with Crippen LogP contribution in [0, 0.1) is 11.3 Å². The van der Waals surface area contributed by atoms with E-state index < -0.39 is 0 Å². The molecule has 1 fully saturated rings. The maximum atomic E-state index is 11.9. The third-order valence-corrected chi connectivity index (χ3v) is 3.05. The molecule has 1 aromatic heterocycles. The highest BCUT2D eigenvalue weighted by molar-refractivity contribution is 6.01. The van der Waals surface area contributed by atoms with E-state index in [1.54, 1.807) is 24.5 Å². The zero-order valence-electron chi connectivity index (χ0n) is 10.1. The van der Waals surface area contributed by atoms with Crippen LogP contribution in [0.5, 0.6) is 0 Å². The Kier molecular flexibility index (Phi) is 4.08. The third-order valence-electron chi connectivity index (χ3n) is 3.05. The molecule has 0 saturated heterocycles. The van der Waals surface area contributed by atoms with Gasteiger partial charge in [0.1, 0.15) is 11.6 Å². The first kappa shape index (κ1) is 12.3. The number of hydrogen-bond donors (Lipinski definition) is 1. The number of carbonyl (C=O) groups is 1. The molecular weight excluding hydrogens is 226 g/mol. The van der Waals surface area contributed by atoms with Crippen LogP contribution in [0.2, 0.25) is 0 Å². The van der Waals surface area contributed by atoms with Crippen LogP contribution in [0.1, 0.15) is 31.2 Å². The van der Waals surface area contributed by atoms with Gasteiger partial charge in [0.2, 0.25) is 0 Å². The number of pyridine rings is 1. The number of nitrogens with one attached hydrogen (secondary N) is 1. The van der Waals surface area contributed by atoms with Crippen molar-refractivity contribution in [1.82, 2.24) is 10.3 Å². The largest absolute Gasteiger partial charge is 0.349 e. The second-order valence-electron chi connectivity index (χ2n) is 4.41. The molecule has 0 unspecified atom stereocenters. The Labute approximate surface area is 106 Å². The van der Waals surface area contributed by atoms with E-state index in [2.05, 4.69) is 10.3 Å². The summed E-state index contributed by atoms with van der Waals surface area (Å²) < 4.78 is 0. The zero-order valence-corrected chi connectivity index (χ0v) is 10.1. The lowest BCUT2D eigenvalue weighted by Gasteiger charge is -2.10. The summed E-state index contributed by atoms with van der Waals surface area (Å²) in [6.45, 7) is 0. The Balaban J connectivity index is 2.06. The average Bonchev–Trinajstić information content (AvgIpc) is 2.90. The van der Waals surface area contributed by atoms with Crippen molar-refractivity contribution < 1.29 is 4.79 Å². The number of nitriles is 1. The summed E-state index contributed by atoms with van der Waals surface area (Å²) in [6, 6.07) is 5.76. The summed E-state index contributed by atoms with van der Waals surface area (Å²) in [7, 11) is 0. The SMILES string of the molecule is N#CC(=Cc1cccnc1)C(=O)NC1CCCC1. The fourth-order valence-electron chi connectivity index (χ4n) is 2.11. The van der Waals surface area contributed by atoms with E-state index in [1.165, 1.54) is 0 Å². The van der Waals surface area contributed by atoms with Crippen molar-refractivity contribution in [3.05, 3.63) is 35.7 Å². The molecule has 1 N–H and O–H groups in total. The van der Waals surface area contributed by atoms with Gasteiger partial charge in [-0.05, 0) is 30.5 Å². The van der Waals surface area contributed by atoms with Crippen molar-refractivity contribution in [3.8, 4) is 6.07 Å². The van der Waals surface area contributed by atoms with Crippen molar-refractivity contribution in [1.29, 1.82) is 5.26 Å². The third kappa shape index (κ3) is 3.17. The Bertz CT molecular complexity index is 482. The standard InChI is InChI=1S/C14H15N3O/c15-9-12(8-11-4-3-7-16-10-11)14(18)17-13-5-1-2-6-13/h3-4,7-8,10,13H,1-2,5-6H2,(H,17,18). The molecule has 1 aromatic rings. The second kappa shape index (κ2) is 5.97. The summed E-state index contributed by atoms with van der Waals surface area (Å²) >= 11 is 0. The van der Waals surface area contributed by atoms with Gasteiger partial charge in [-0.25, -0.2) is 0 Å². The molecule has 18 heavy (non-hydrogen) atoms. The van der Waals surface area contributed by atoms with E-state index in [9.17, 15) is 4.79 Å². The smallest absolute Gasteiger partial charge is 0.262 e. The van der Waals surface area contributed by atoms with Crippen molar-refractivity contribution in [2.24, 2.45) is 0 Å². The van der Waals surface area contributed by atoms with Crippen molar-refractivity contribution in [2.45, 2.75) is 31.7 Å². The molecule has 0 aromatic carbocycles. The zero-order chi connectivity index (χ0) is 12.8. The van der Waals surface area contributed by atoms with Crippen molar-refractivity contribution in [3.63, 3.8) is 0 Å². The van der Waals surface area contributed by atoms with Gasteiger partial charge in [0.05, 0.1) is 0 Å². The van der Waals surface area contributed by atoms with Gasteiger partial charge >= 0.3 is 0 Å². The van der Waals surface area contributed by atoms with E-state index in [0.717, 1.165) is 31.2 Å². The highest BCUT2D eigenvalue weighted by atomic mass is 16.1. The molecule has 1 heterocycles. The van der Waals surface area contributed by atoms with Gasteiger partial charge in [-0.1, -0.05) is 18.9 Å². The summed E-state index contributed by atoms with van der Waals surface area (Å²) in [6.07, 6.45) is 9.17.